The van der Waals surface area contributed by atoms with Gasteiger partial charge in [-0.1, -0.05) is 54.4 Å². The van der Waals surface area contributed by atoms with Crippen LogP contribution in [0.3, 0.4) is 0 Å². The molecule has 1 heterocycles. The molecule has 10 heteroatoms. The van der Waals surface area contributed by atoms with Crippen LogP contribution in [0, 0.1) is 11.3 Å². The summed E-state index contributed by atoms with van der Waals surface area (Å²) in [6.07, 6.45) is 4.54. The minimum Gasteiger partial charge on any atom is -0.363 e. The van der Waals surface area contributed by atoms with Gasteiger partial charge in [0.1, 0.15) is 0 Å². The van der Waals surface area contributed by atoms with Gasteiger partial charge in [0.15, 0.2) is 5.11 Å². The lowest BCUT2D eigenvalue weighted by molar-refractivity contribution is -0.121. The summed E-state index contributed by atoms with van der Waals surface area (Å²) >= 11 is 18.3. The first kappa shape index (κ1) is 28.5. The third kappa shape index (κ3) is 8.46. The Labute approximate surface area is 233 Å². The highest BCUT2D eigenvalue weighted by Gasteiger charge is 2.18. The molecule has 2 aromatic carbocycles. The lowest BCUT2D eigenvalue weighted by atomic mass is 10.1. The molecule has 7 nitrogen and oxygen atoms in total. The van der Waals surface area contributed by atoms with Crippen LogP contribution in [0.25, 0.3) is 0 Å². The number of aromatic nitrogens is 2. The fourth-order valence-electron chi connectivity index (χ4n) is 3.82. The maximum Gasteiger partial charge on any atom is 0.226 e. The normalized spacial score (nSPS) is 11.4. The molecular formula is C27H30Cl2N6OS. The SMILES string of the molecule is CCCNC(=S)N(Cc1cccc(Cl)c1Cl)C[C@H](C)NC(=O)Cc1cncn1Cc1ccc(C#N)cc1. The molecule has 0 aliphatic carbocycles. The van der Waals surface area contributed by atoms with Crippen LogP contribution in [0.1, 0.15) is 42.7 Å². The van der Waals surface area contributed by atoms with Crippen molar-refractivity contribution in [2.24, 2.45) is 0 Å². The van der Waals surface area contributed by atoms with Crippen molar-refractivity contribution in [2.75, 3.05) is 13.1 Å². The number of benzene rings is 2. The standard InChI is InChI=1S/C27H30Cl2N6OS/c1-3-11-32-27(37)34(17-22-5-4-6-24(28)26(22)29)15-19(2)33-25(36)12-23-14-31-18-35(23)16-21-9-7-20(13-30)8-10-21/h4-10,14,18-19H,3,11-12,15-17H2,1-2H3,(H,32,37)(H,33,36)/t19-/m0/s1. The second-order valence-corrected chi connectivity index (χ2v) is 9.96. The van der Waals surface area contributed by atoms with Crippen molar-refractivity contribution in [2.45, 2.75) is 45.8 Å². The minimum atomic E-state index is -0.179. The van der Waals surface area contributed by atoms with Crippen molar-refractivity contribution >= 4 is 46.4 Å². The molecule has 0 saturated carbocycles. The Kier molecular flexibility index (Phi) is 10.8. The van der Waals surface area contributed by atoms with Crippen molar-refractivity contribution in [3.63, 3.8) is 0 Å². The number of imidazole rings is 1. The predicted octanol–water partition coefficient (Wildman–Crippen LogP) is 4.94. The van der Waals surface area contributed by atoms with E-state index in [0.717, 1.165) is 29.8 Å². The molecule has 3 aromatic rings. The van der Waals surface area contributed by atoms with E-state index >= 15 is 0 Å². The quantitative estimate of drug-likeness (QED) is 0.325. The predicted molar refractivity (Wildman–Crippen MR) is 152 cm³/mol. The average molecular weight is 558 g/mol. The van der Waals surface area contributed by atoms with Gasteiger partial charge in [0.05, 0.1) is 34.4 Å². The van der Waals surface area contributed by atoms with Gasteiger partial charge in [-0.2, -0.15) is 5.26 Å². The summed E-state index contributed by atoms with van der Waals surface area (Å²) in [5.74, 6) is -0.109. The molecule has 2 N–H and O–H groups in total. The highest BCUT2D eigenvalue weighted by Crippen LogP contribution is 2.26. The molecule has 0 saturated heterocycles. The second-order valence-electron chi connectivity index (χ2n) is 8.79. The Morgan fingerprint density at radius 3 is 2.70 bits per heavy atom. The van der Waals surface area contributed by atoms with E-state index in [-0.39, 0.29) is 18.4 Å². The molecular weight excluding hydrogens is 527 g/mol. The lowest BCUT2D eigenvalue weighted by Gasteiger charge is -2.29. The number of hydrogen-bond donors (Lipinski definition) is 2. The van der Waals surface area contributed by atoms with Crippen LogP contribution in [-0.2, 0) is 24.3 Å². The van der Waals surface area contributed by atoms with Crippen LogP contribution >= 0.6 is 35.4 Å². The smallest absolute Gasteiger partial charge is 0.226 e. The number of halogens is 2. The van der Waals surface area contributed by atoms with Crippen molar-refractivity contribution in [1.29, 1.82) is 5.26 Å². The molecule has 3 rings (SSSR count). The van der Waals surface area contributed by atoms with E-state index < -0.39 is 0 Å². The van der Waals surface area contributed by atoms with Gasteiger partial charge in [-0.3, -0.25) is 4.79 Å². The first-order valence-electron chi connectivity index (χ1n) is 12.0. The summed E-state index contributed by atoms with van der Waals surface area (Å²) in [5, 5.41) is 16.9. The summed E-state index contributed by atoms with van der Waals surface area (Å²) in [4.78, 5) is 19.1. The number of carbonyl (C=O) groups is 1. The molecule has 0 spiro atoms. The number of carbonyl (C=O) groups excluding carboxylic acids is 1. The average Bonchev–Trinajstić information content (AvgIpc) is 3.31. The Morgan fingerprint density at radius 1 is 1.24 bits per heavy atom. The third-order valence-corrected chi connectivity index (χ3v) is 6.94. The van der Waals surface area contributed by atoms with Gasteiger partial charge in [0, 0.05) is 44.1 Å². The van der Waals surface area contributed by atoms with Crippen LogP contribution in [-0.4, -0.2) is 44.6 Å². The van der Waals surface area contributed by atoms with Crippen LogP contribution in [0.4, 0.5) is 0 Å². The summed E-state index contributed by atoms with van der Waals surface area (Å²) in [6, 6.07) is 14.8. The zero-order valence-electron chi connectivity index (χ0n) is 20.9. The number of nitriles is 1. The van der Waals surface area contributed by atoms with Gasteiger partial charge >= 0.3 is 0 Å². The molecule has 0 unspecified atom stereocenters. The Balaban J connectivity index is 1.62. The van der Waals surface area contributed by atoms with Crippen LogP contribution < -0.4 is 10.6 Å². The second kappa shape index (κ2) is 14.0. The number of rotatable bonds is 11. The van der Waals surface area contributed by atoms with E-state index in [1.54, 1.807) is 30.7 Å². The number of amides is 1. The zero-order chi connectivity index (χ0) is 26.8. The topological polar surface area (TPSA) is 86.0 Å². The molecule has 1 amide bonds. The highest BCUT2D eigenvalue weighted by atomic mass is 35.5. The summed E-state index contributed by atoms with van der Waals surface area (Å²) < 4.78 is 1.93. The molecule has 37 heavy (non-hydrogen) atoms. The van der Waals surface area contributed by atoms with Crippen molar-refractivity contribution in [3.8, 4) is 6.07 Å². The molecule has 194 valence electrons. The van der Waals surface area contributed by atoms with Crippen LogP contribution in [0.5, 0.6) is 0 Å². The Morgan fingerprint density at radius 2 is 2.00 bits per heavy atom. The number of nitrogens with zero attached hydrogens (tertiary/aromatic N) is 4. The number of hydrogen-bond acceptors (Lipinski definition) is 4. The van der Waals surface area contributed by atoms with Gasteiger partial charge in [-0.15, -0.1) is 0 Å². The van der Waals surface area contributed by atoms with Gasteiger partial charge in [-0.25, -0.2) is 4.98 Å². The maximum atomic E-state index is 12.9. The van der Waals surface area contributed by atoms with E-state index in [1.165, 1.54) is 0 Å². The fraction of sp³-hybridized carbons (Fsp3) is 0.333. The van der Waals surface area contributed by atoms with Crippen LogP contribution in [0.15, 0.2) is 55.0 Å². The lowest BCUT2D eigenvalue weighted by Crippen LogP contribution is -2.47. The molecule has 1 aromatic heterocycles. The van der Waals surface area contributed by atoms with Gasteiger partial charge in [-0.05, 0) is 54.9 Å². The molecule has 0 fully saturated rings. The Hall–Kier alpha value is -3.12. The molecule has 0 bridgehead atoms. The minimum absolute atomic E-state index is 0.109. The first-order valence-corrected chi connectivity index (χ1v) is 13.2. The van der Waals surface area contributed by atoms with E-state index in [9.17, 15) is 4.79 Å². The maximum absolute atomic E-state index is 12.9. The van der Waals surface area contributed by atoms with Gasteiger partial charge < -0.3 is 20.1 Å². The molecule has 1 atom stereocenters. The third-order valence-electron chi connectivity index (χ3n) is 5.68. The summed E-state index contributed by atoms with van der Waals surface area (Å²) in [5.41, 5.74) is 3.30. The fourth-order valence-corrected chi connectivity index (χ4v) is 4.45. The highest BCUT2D eigenvalue weighted by molar-refractivity contribution is 7.80. The summed E-state index contributed by atoms with van der Waals surface area (Å²) in [6.45, 7) is 6.29. The first-order chi connectivity index (χ1) is 17.8. The van der Waals surface area contributed by atoms with Crippen molar-refractivity contribution < 1.29 is 4.79 Å². The molecule has 0 aliphatic rings. The van der Waals surface area contributed by atoms with E-state index in [4.69, 9.17) is 40.7 Å². The summed E-state index contributed by atoms with van der Waals surface area (Å²) in [7, 11) is 0. The number of thiocarbonyl (C=S) groups is 1. The largest absolute Gasteiger partial charge is 0.363 e. The molecule has 0 radical (unpaired) electrons. The number of nitrogens with one attached hydrogen (secondary N) is 2. The van der Waals surface area contributed by atoms with Crippen LogP contribution in [0.2, 0.25) is 10.0 Å². The molecule has 0 aliphatic heterocycles. The van der Waals surface area contributed by atoms with Crippen molar-refractivity contribution in [1.82, 2.24) is 25.1 Å². The Bertz CT molecular complexity index is 1250. The van der Waals surface area contributed by atoms with E-state index in [1.807, 2.05) is 40.7 Å². The monoisotopic (exact) mass is 556 g/mol. The van der Waals surface area contributed by atoms with Crippen molar-refractivity contribution in [3.05, 3.63) is 87.4 Å². The van der Waals surface area contributed by atoms with E-state index in [0.29, 0.717) is 40.4 Å². The zero-order valence-corrected chi connectivity index (χ0v) is 23.2. The van der Waals surface area contributed by atoms with Gasteiger partial charge in [0.2, 0.25) is 5.91 Å². The van der Waals surface area contributed by atoms with Gasteiger partial charge in [0.25, 0.3) is 0 Å². The van der Waals surface area contributed by atoms with E-state index in [2.05, 4.69) is 28.6 Å².